The Morgan fingerprint density at radius 2 is 2.00 bits per heavy atom. The standard InChI is InChI=1S/C11H19N3O3S/c1-18(16,17)9-4-10(12)11(15)13-5-8-14-6-2-3-7-14/h2-3,6-7,10H,4-5,8-9,12H2,1H3,(H,13,15). The lowest BCUT2D eigenvalue weighted by Gasteiger charge is -2.11. The first-order chi connectivity index (χ1) is 8.38. The lowest BCUT2D eigenvalue weighted by atomic mass is 10.2. The van der Waals surface area contributed by atoms with Crippen molar-refractivity contribution in [3.8, 4) is 0 Å². The highest BCUT2D eigenvalue weighted by Gasteiger charge is 2.15. The summed E-state index contributed by atoms with van der Waals surface area (Å²) in [5.41, 5.74) is 5.60. The molecule has 1 heterocycles. The molecule has 0 spiro atoms. The SMILES string of the molecule is CS(=O)(=O)CCC(N)C(=O)NCCn1cccc1. The Bertz CT molecular complexity index is 468. The summed E-state index contributed by atoms with van der Waals surface area (Å²) in [4.78, 5) is 11.5. The van der Waals surface area contributed by atoms with E-state index >= 15 is 0 Å². The van der Waals surface area contributed by atoms with E-state index in [0.29, 0.717) is 13.1 Å². The molecule has 1 aromatic heterocycles. The topological polar surface area (TPSA) is 94.2 Å². The van der Waals surface area contributed by atoms with Crippen LogP contribution in [0.25, 0.3) is 0 Å². The highest BCUT2D eigenvalue weighted by Crippen LogP contribution is 1.94. The molecule has 18 heavy (non-hydrogen) atoms. The molecule has 3 N–H and O–H groups in total. The van der Waals surface area contributed by atoms with Crippen LogP contribution in [0.2, 0.25) is 0 Å². The average molecular weight is 273 g/mol. The minimum Gasteiger partial charge on any atom is -0.353 e. The van der Waals surface area contributed by atoms with Gasteiger partial charge in [-0.2, -0.15) is 0 Å². The molecule has 1 aromatic rings. The van der Waals surface area contributed by atoms with Crippen molar-refractivity contribution < 1.29 is 13.2 Å². The van der Waals surface area contributed by atoms with Gasteiger partial charge in [0.05, 0.1) is 11.8 Å². The van der Waals surface area contributed by atoms with Crippen LogP contribution >= 0.6 is 0 Å². The van der Waals surface area contributed by atoms with E-state index < -0.39 is 15.9 Å². The molecule has 0 saturated heterocycles. The van der Waals surface area contributed by atoms with Gasteiger partial charge < -0.3 is 15.6 Å². The van der Waals surface area contributed by atoms with Crippen molar-refractivity contribution in [2.75, 3.05) is 18.6 Å². The maximum absolute atomic E-state index is 11.5. The zero-order chi connectivity index (χ0) is 13.6. The molecule has 0 fully saturated rings. The van der Waals surface area contributed by atoms with Gasteiger partial charge in [-0.1, -0.05) is 0 Å². The Hall–Kier alpha value is -1.34. The van der Waals surface area contributed by atoms with Gasteiger partial charge in [0.2, 0.25) is 5.91 Å². The number of amides is 1. The number of sulfone groups is 1. The van der Waals surface area contributed by atoms with Crippen molar-refractivity contribution >= 4 is 15.7 Å². The van der Waals surface area contributed by atoms with Crippen LogP contribution in [0.15, 0.2) is 24.5 Å². The summed E-state index contributed by atoms with van der Waals surface area (Å²) in [7, 11) is -3.07. The van der Waals surface area contributed by atoms with Gasteiger partial charge in [0.1, 0.15) is 9.84 Å². The van der Waals surface area contributed by atoms with Crippen molar-refractivity contribution in [1.29, 1.82) is 0 Å². The molecule has 1 rings (SSSR count). The predicted octanol–water partition coefficient (Wildman–Crippen LogP) is -0.634. The average Bonchev–Trinajstić information content (AvgIpc) is 2.77. The zero-order valence-electron chi connectivity index (χ0n) is 10.4. The molecule has 102 valence electrons. The van der Waals surface area contributed by atoms with Gasteiger partial charge in [-0.3, -0.25) is 4.79 Å². The number of hydrogen-bond acceptors (Lipinski definition) is 4. The summed E-state index contributed by atoms with van der Waals surface area (Å²) >= 11 is 0. The van der Waals surface area contributed by atoms with Crippen molar-refractivity contribution in [2.45, 2.75) is 19.0 Å². The minimum absolute atomic E-state index is 0.0703. The van der Waals surface area contributed by atoms with Crippen LogP contribution in [0.3, 0.4) is 0 Å². The predicted molar refractivity (Wildman–Crippen MR) is 69.7 cm³/mol. The number of carbonyl (C=O) groups is 1. The number of hydrogen-bond donors (Lipinski definition) is 2. The Labute approximate surface area is 107 Å². The molecule has 0 radical (unpaired) electrons. The maximum Gasteiger partial charge on any atom is 0.237 e. The smallest absolute Gasteiger partial charge is 0.237 e. The molecule has 0 aliphatic carbocycles. The highest BCUT2D eigenvalue weighted by atomic mass is 32.2. The molecule has 6 nitrogen and oxygen atoms in total. The van der Waals surface area contributed by atoms with Crippen molar-refractivity contribution in [3.63, 3.8) is 0 Å². The van der Waals surface area contributed by atoms with E-state index in [1.165, 1.54) is 0 Å². The van der Waals surface area contributed by atoms with Gasteiger partial charge in [0.15, 0.2) is 0 Å². The van der Waals surface area contributed by atoms with E-state index in [1.807, 2.05) is 29.1 Å². The molecule has 0 aliphatic heterocycles. The van der Waals surface area contributed by atoms with Gasteiger partial charge in [0.25, 0.3) is 0 Å². The number of carbonyl (C=O) groups excluding carboxylic acids is 1. The van der Waals surface area contributed by atoms with E-state index in [1.54, 1.807) is 0 Å². The molecule has 1 atom stereocenters. The quantitative estimate of drug-likeness (QED) is 0.691. The Kier molecular flexibility index (Phi) is 5.36. The second kappa shape index (κ2) is 6.55. The summed E-state index contributed by atoms with van der Waals surface area (Å²) in [5, 5.41) is 2.68. The molecule has 0 aromatic carbocycles. The maximum atomic E-state index is 11.5. The van der Waals surface area contributed by atoms with Crippen LogP contribution in [0.5, 0.6) is 0 Å². The summed E-state index contributed by atoms with van der Waals surface area (Å²) < 4.78 is 23.8. The Morgan fingerprint density at radius 3 is 2.56 bits per heavy atom. The van der Waals surface area contributed by atoms with Gasteiger partial charge in [0, 0.05) is 31.7 Å². The lowest BCUT2D eigenvalue weighted by molar-refractivity contribution is -0.122. The first-order valence-corrected chi connectivity index (χ1v) is 7.76. The highest BCUT2D eigenvalue weighted by molar-refractivity contribution is 7.90. The summed E-state index contributed by atoms with van der Waals surface area (Å²) in [6.07, 6.45) is 5.07. The van der Waals surface area contributed by atoms with Crippen molar-refractivity contribution in [3.05, 3.63) is 24.5 Å². The van der Waals surface area contributed by atoms with Crippen LogP contribution in [-0.2, 0) is 21.2 Å². The van der Waals surface area contributed by atoms with Gasteiger partial charge in [-0.05, 0) is 18.6 Å². The first kappa shape index (κ1) is 14.7. The van der Waals surface area contributed by atoms with Gasteiger partial charge in [-0.15, -0.1) is 0 Å². The number of rotatable bonds is 7. The molecule has 0 aliphatic rings. The monoisotopic (exact) mass is 273 g/mol. The summed E-state index contributed by atoms with van der Waals surface area (Å²) in [5.74, 6) is -0.384. The van der Waals surface area contributed by atoms with Crippen LogP contribution < -0.4 is 11.1 Å². The molecule has 0 bridgehead atoms. The Balaban J connectivity index is 2.23. The molecular weight excluding hydrogens is 254 g/mol. The van der Waals surface area contributed by atoms with Gasteiger partial charge >= 0.3 is 0 Å². The molecular formula is C11H19N3O3S. The number of nitrogens with one attached hydrogen (secondary N) is 1. The van der Waals surface area contributed by atoms with Crippen molar-refractivity contribution in [1.82, 2.24) is 9.88 Å². The second-order valence-corrected chi connectivity index (χ2v) is 6.50. The summed E-state index contributed by atoms with van der Waals surface area (Å²) in [6, 6.07) is 3.03. The number of aromatic nitrogens is 1. The third-order valence-corrected chi connectivity index (χ3v) is 3.45. The molecule has 1 unspecified atom stereocenters. The molecule has 7 heteroatoms. The van der Waals surface area contributed by atoms with Crippen LogP contribution in [0.4, 0.5) is 0 Å². The van der Waals surface area contributed by atoms with E-state index in [4.69, 9.17) is 5.73 Å². The van der Waals surface area contributed by atoms with E-state index in [2.05, 4.69) is 5.32 Å². The van der Waals surface area contributed by atoms with E-state index in [9.17, 15) is 13.2 Å². The lowest BCUT2D eigenvalue weighted by Crippen LogP contribution is -2.42. The van der Waals surface area contributed by atoms with Crippen LogP contribution in [-0.4, -0.2) is 43.5 Å². The van der Waals surface area contributed by atoms with Crippen molar-refractivity contribution in [2.24, 2.45) is 5.73 Å². The number of nitrogens with two attached hydrogens (primary N) is 1. The fourth-order valence-corrected chi connectivity index (χ4v) is 2.11. The third kappa shape index (κ3) is 5.83. The van der Waals surface area contributed by atoms with Crippen LogP contribution in [0, 0.1) is 0 Å². The third-order valence-electron chi connectivity index (χ3n) is 2.47. The summed E-state index contributed by atoms with van der Waals surface area (Å²) in [6.45, 7) is 1.14. The zero-order valence-corrected chi connectivity index (χ0v) is 11.2. The fourth-order valence-electron chi connectivity index (χ4n) is 1.43. The Morgan fingerprint density at radius 1 is 1.39 bits per heavy atom. The molecule has 0 saturated carbocycles. The largest absolute Gasteiger partial charge is 0.353 e. The van der Waals surface area contributed by atoms with E-state index in [0.717, 1.165) is 6.26 Å². The number of nitrogens with zero attached hydrogens (tertiary/aromatic N) is 1. The first-order valence-electron chi connectivity index (χ1n) is 5.70. The van der Waals surface area contributed by atoms with Crippen LogP contribution in [0.1, 0.15) is 6.42 Å². The second-order valence-electron chi connectivity index (χ2n) is 4.24. The molecule has 1 amide bonds. The fraction of sp³-hybridized carbons (Fsp3) is 0.545. The normalized spacial score (nSPS) is 13.2. The minimum atomic E-state index is -3.07. The van der Waals surface area contributed by atoms with E-state index in [-0.39, 0.29) is 18.1 Å². The van der Waals surface area contributed by atoms with Gasteiger partial charge in [-0.25, -0.2) is 8.42 Å².